The molecule has 1 saturated heterocycles. The van der Waals surface area contributed by atoms with Crippen molar-refractivity contribution < 1.29 is 4.79 Å². The molecule has 0 radical (unpaired) electrons. The van der Waals surface area contributed by atoms with E-state index < -0.39 is 0 Å². The molecule has 6 rings (SSSR count). The van der Waals surface area contributed by atoms with Gasteiger partial charge in [0.2, 0.25) is 5.91 Å². The fourth-order valence-electron chi connectivity index (χ4n) is 6.44. The van der Waals surface area contributed by atoms with Crippen molar-refractivity contribution in [3.63, 3.8) is 0 Å². The Morgan fingerprint density at radius 2 is 2.07 bits per heavy atom. The highest BCUT2D eigenvalue weighted by atomic mass is 16.2. The molecule has 27 heavy (non-hydrogen) atoms. The van der Waals surface area contributed by atoms with Gasteiger partial charge < -0.3 is 9.88 Å². The SMILES string of the molecule is CC(=O)N1CCc2[nH]cnc2C12CCN(CC1=CC[C@H]3C[C@@H]1C3(C)C)CC2. The standard InChI is InChI=1S/C22H32N4O/c1-15(27)26-9-6-19-20(24-14-23-19)22(26)7-10-25(11-8-22)13-16-4-5-17-12-18(16)21(17,2)3/h4,14,17-18H,5-13H2,1-3H3,(H,23,24)/t17-,18-/m0/s1. The number of hydrogen-bond acceptors (Lipinski definition) is 3. The van der Waals surface area contributed by atoms with E-state index in [9.17, 15) is 4.79 Å². The summed E-state index contributed by atoms with van der Waals surface area (Å²) >= 11 is 0. The molecule has 2 atom stereocenters. The van der Waals surface area contributed by atoms with E-state index in [1.54, 1.807) is 12.5 Å². The minimum absolute atomic E-state index is 0.189. The molecule has 1 saturated carbocycles. The van der Waals surface area contributed by atoms with Gasteiger partial charge in [-0.25, -0.2) is 4.98 Å². The number of nitrogens with one attached hydrogen (secondary N) is 1. The first-order valence-corrected chi connectivity index (χ1v) is 10.6. The largest absolute Gasteiger partial charge is 0.348 e. The van der Waals surface area contributed by atoms with Crippen molar-refractivity contribution >= 4 is 5.91 Å². The minimum atomic E-state index is -0.197. The van der Waals surface area contributed by atoms with Crippen LogP contribution in [-0.4, -0.2) is 51.9 Å². The van der Waals surface area contributed by atoms with Gasteiger partial charge in [0.05, 0.1) is 17.6 Å². The summed E-state index contributed by atoms with van der Waals surface area (Å²) in [6, 6.07) is 0. The molecule has 5 heteroatoms. The number of rotatable bonds is 2. The van der Waals surface area contributed by atoms with E-state index in [-0.39, 0.29) is 11.4 Å². The smallest absolute Gasteiger partial charge is 0.220 e. The molecule has 2 fully saturated rings. The van der Waals surface area contributed by atoms with Gasteiger partial charge in [0.15, 0.2) is 0 Å². The van der Waals surface area contributed by atoms with Crippen LogP contribution in [0.25, 0.3) is 0 Å². The van der Waals surface area contributed by atoms with Crippen molar-refractivity contribution in [2.45, 2.75) is 58.4 Å². The lowest BCUT2D eigenvalue weighted by Gasteiger charge is -2.57. The number of fused-ring (bicyclic) bond motifs is 3. The number of amides is 1. The number of carbonyl (C=O) groups excluding carboxylic acids is 1. The maximum Gasteiger partial charge on any atom is 0.220 e. The van der Waals surface area contributed by atoms with Gasteiger partial charge >= 0.3 is 0 Å². The van der Waals surface area contributed by atoms with E-state index >= 15 is 0 Å². The Balaban J connectivity index is 1.32. The number of aromatic nitrogens is 2. The summed E-state index contributed by atoms with van der Waals surface area (Å²) in [6.07, 6.45) is 9.89. The van der Waals surface area contributed by atoms with Crippen molar-refractivity contribution in [1.29, 1.82) is 0 Å². The van der Waals surface area contributed by atoms with Gasteiger partial charge in [-0.3, -0.25) is 9.69 Å². The first kappa shape index (κ1) is 17.5. The molecule has 0 unspecified atom stereocenters. The van der Waals surface area contributed by atoms with E-state index in [2.05, 4.69) is 39.7 Å². The Labute approximate surface area is 162 Å². The summed E-state index contributed by atoms with van der Waals surface area (Å²) in [4.78, 5) is 25.1. The molecule has 146 valence electrons. The highest BCUT2D eigenvalue weighted by Crippen LogP contribution is 2.59. The van der Waals surface area contributed by atoms with E-state index in [4.69, 9.17) is 0 Å². The number of allylic oxidation sites excluding steroid dienone is 1. The Bertz CT molecular complexity index is 784. The van der Waals surface area contributed by atoms with Gasteiger partial charge in [0.1, 0.15) is 0 Å². The number of likely N-dealkylation sites (tertiary alicyclic amines) is 1. The van der Waals surface area contributed by atoms with Crippen LogP contribution in [0, 0.1) is 17.3 Å². The topological polar surface area (TPSA) is 52.2 Å². The number of imidazole rings is 1. The van der Waals surface area contributed by atoms with Gasteiger partial charge in [-0.05, 0) is 42.9 Å². The summed E-state index contributed by atoms with van der Waals surface area (Å²) in [5.74, 6) is 1.88. The third kappa shape index (κ3) is 2.47. The average molecular weight is 369 g/mol. The number of carbonyl (C=O) groups is 1. The lowest BCUT2D eigenvalue weighted by atomic mass is 9.49. The fraction of sp³-hybridized carbons (Fsp3) is 0.727. The Morgan fingerprint density at radius 3 is 2.74 bits per heavy atom. The average Bonchev–Trinajstić information content (AvgIpc) is 3.13. The van der Waals surface area contributed by atoms with Crippen molar-refractivity contribution in [2.24, 2.45) is 17.3 Å². The minimum Gasteiger partial charge on any atom is -0.348 e. The van der Waals surface area contributed by atoms with E-state index in [0.717, 1.165) is 63.0 Å². The fourth-order valence-corrected chi connectivity index (χ4v) is 6.44. The van der Waals surface area contributed by atoms with Gasteiger partial charge in [-0.15, -0.1) is 0 Å². The second kappa shape index (κ2) is 5.94. The summed E-state index contributed by atoms with van der Waals surface area (Å²) in [7, 11) is 0. The third-order valence-corrected chi connectivity index (χ3v) is 8.31. The Morgan fingerprint density at radius 1 is 1.30 bits per heavy atom. The summed E-state index contributed by atoms with van der Waals surface area (Å²) in [6.45, 7) is 10.6. The van der Waals surface area contributed by atoms with Crippen LogP contribution in [0.2, 0.25) is 0 Å². The summed E-state index contributed by atoms with van der Waals surface area (Å²) < 4.78 is 0. The summed E-state index contributed by atoms with van der Waals surface area (Å²) in [5.41, 5.74) is 4.34. The first-order chi connectivity index (χ1) is 12.9. The lowest BCUT2D eigenvalue weighted by Crippen LogP contribution is -2.58. The van der Waals surface area contributed by atoms with Crippen LogP contribution in [-0.2, 0) is 16.8 Å². The zero-order valence-electron chi connectivity index (χ0n) is 16.9. The molecule has 2 bridgehead atoms. The molecule has 1 aromatic heterocycles. The van der Waals surface area contributed by atoms with Crippen LogP contribution in [0.15, 0.2) is 18.0 Å². The second-order valence-electron chi connectivity index (χ2n) is 9.78. The highest BCUT2D eigenvalue weighted by Gasteiger charge is 2.52. The lowest BCUT2D eigenvalue weighted by molar-refractivity contribution is -0.139. The zero-order chi connectivity index (χ0) is 18.8. The Kier molecular flexibility index (Phi) is 3.84. The molecule has 5 aliphatic rings. The summed E-state index contributed by atoms with van der Waals surface area (Å²) in [5, 5.41) is 0. The number of piperidine rings is 1. The molecule has 1 amide bonds. The second-order valence-corrected chi connectivity index (χ2v) is 9.78. The number of aromatic amines is 1. The van der Waals surface area contributed by atoms with Gasteiger partial charge in [-0.1, -0.05) is 25.5 Å². The molecule has 3 heterocycles. The molecular weight excluding hydrogens is 336 g/mol. The molecule has 0 aromatic carbocycles. The molecule has 1 aromatic rings. The normalized spacial score (nSPS) is 31.2. The van der Waals surface area contributed by atoms with Crippen LogP contribution in [0.1, 0.15) is 57.8 Å². The van der Waals surface area contributed by atoms with Crippen LogP contribution >= 0.6 is 0 Å². The number of nitrogens with zero attached hydrogens (tertiary/aromatic N) is 3. The van der Waals surface area contributed by atoms with E-state index in [1.807, 2.05) is 6.33 Å². The molecule has 1 N–H and O–H groups in total. The molecule has 1 spiro atoms. The maximum absolute atomic E-state index is 12.4. The van der Waals surface area contributed by atoms with Crippen molar-refractivity contribution in [3.8, 4) is 0 Å². The molecule has 3 aliphatic carbocycles. The predicted octanol–water partition coefficient (Wildman–Crippen LogP) is 3.10. The van der Waals surface area contributed by atoms with Crippen molar-refractivity contribution in [3.05, 3.63) is 29.4 Å². The van der Waals surface area contributed by atoms with Crippen molar-refractivity contribution in [1.82, 2.24) is 19.8 Å². The molecular formula is C22H32N4O. The Hall–Kier alpha value is -1.62. The van der Waals surface area contributed by atoms with Gasteiger partial charge in [-0.2, -0.15) is 0 Å². The highest BCUT2D eigenvalue weighted by molar-refractivity contribution is 5.75. The van der Waals surface area contributed by atoms with E-state index in [0.29, 0.717) is 5.41 Å². The monoisotopic (exact) mass is 368 g/mol. The first-order valence-electron chi connectivity index (χ1n) is 10.6. The molecule has 5 nitrogen and oxygen atoms in total. The van der Waals surface area contributed by atoms with E-state index in [1.165, 1.54) is 18.5 Å². The predicted molar refractivity (Wildman–Crippen MR) is 105 cm³/mol. The zero-order valence-corrected chi connectivity index (χ0v) is 16.9. The van der Waals surface area contributed by atoms with Crippen LogP contribution < -0.4 is 0 Å². The van der Waals surface area contributed by atoms with Crippen LogP contribution in [0.5, 0.6) is 0 Å². The van der Waals surface area contributed by atoms with Crippen molar-refractivity contribution in [2.75, 3.05) is 26.2 Å². The quantitative estimate of drug-likeness (QED) is 0.816. The third-order valence-electron chi connectivity index (χ3n) is 8.31. The maximum atomic E-state index is 12.4. The number of hydrogen-bond donors (Lipinski definition) is 1. The number of H-pyrrole nitrogens is 1. The van der Waals surface area contributed by atoms with Gasteiger partial charge in [0.25, 0.3) is 0 Å². The molecule has 2 aliphatic heterocycles. The van der Waals surface area contributed by atoms with Crippen LogP contribution in [0.4, 0.5) is 0 Å². The van der Waals surface area contributed by atoms with Crippen LogP contribution in [0.3, 0.4) is 0 Å². The van der Waals surface area contributed by atoms with Gasteiger partial charge in [0, 0.05) is 45.2 Å².